The Balaban J connectivity index is 1.21. The van der Waals surface area contributed by atoms with Crippen LogP contribution in [0, 0.1) is 23.7 Å². The highest BCUT2D eigenvalue weighted by Gasteiger charge is 2.49. The van der Waals surface area contributed by atoms with Crippen LogP contribution in [0.2, 0.25) is 0 Å². The first-order valence-corrected chi connectivity index (χ1v) is 12.4. The van der Waals surface area contributed by atoms with E-state index < -0.39 is 0 Å². The second-order valence-electron chi connectivity index (χ2n) is 10.4. The van der Waals surface area contributed by atoms with Crippen molar-refractivity contribution in [2.75, 3.05) is 0 Å². The minimum atomic E-state index is 0.397. The Bertz CT molecular complexity index is 603. The number of nitrogens with zero attached hydrogens (tertiary/aromatic N) is 2. The molecule has 0 aromatic carbocycles. The molecular weight excluding hydrogens is 348 g/mol. The van der Waals surface area contributed by atoms with E-state index in [0.717, 1.165) is 23.6 Å². The van der Waals surface area contributed by atoms with E-state index in [1.807, 2.05) is 0 Å². The van der Waals surface area contributed by atoms with Crippen LogP contribution in [0.3, 0.4) is 0 Å². The molecule has 28 heavy (non-hydrogen) atoms. The topological polar surface area (TPSA) is 43.2 Å². The van der Waals surface area contributed by atoms with Crippen LogP contribution in [0.15, 0.2) is 9.98 Å². The summed E-state index contributed by atoms with van der Waals surface area (Å²) in [7, 11) is 0. The van der Waals surface area contributed by atoms with E-state index >= 15 is 0 Å². The van der Waals surface area contributed by atoms with Crippen LogP contribution in [0.4, 0.5) is 0 Å². The summed E-state index contributed by atoms with van der Waals surface area (Å²) in [5.41, 5.74) is 0. The summed E-state index contributed by atoms with van der Waals surface area (Å²) >= 11 is 0. The van der Waals surface area contributed by atoms with Gasteiger partial charge in [-0.1, -0.05) is 25.7 Å². The molecule has 2 aliphatic heterocycles. The Hall–Kier alpha value is -1.06. The average molecular weight is 385 g/mol. The molecule has 0 radical (unpaired) electrons. The molecule has 0 aromatic rings. The van der Waals surface area contributed by atoms with Gasteiger partial charge in [-0.2, -0.15) is 0 Å². The minimum Gasteiger partial charge on any atom is -0.475 e. The standard InChI is InChI=1S/C24H36N2O2/c1-2-8-16-15(7-1)17(23-25-19-9-3-5-11-21(19)27-23)13-14-18(16)24-26-20-10-4-6-12-22(20)28-24/h15-22H,1-14H2. The van der Waals surface area contributed by atoms with E-state index in [4.69, 9.17) is 19.5 Å². The molecule has 8 atom stereocenters. The summed E-state index contributed by atoms with van der Waals surface area (Å²) in [5, 5.41) is 0. The van der Waals surface area contributed by atoms with Gasteiger partial charge in [0.05, 0.1) is 12.1 Å². The van der Waals surface area contributed by atoms with E-state index in [0.29, 0.717) is 36.1 Å². The lowest BCUT2D eigenvalue weighted by molar-refractivity contribution is 0.0679. The van der Waals surface area contributed by atoms with Crippen molar-refractivity contribution < 1.29 is 9.47 Å². The summed E-state index contributed by atoms with van der Waals surface area (Å²) in [6, 6.07) is 0.934. The third kappa shape index (κ3) is 3.01. The van der Waals surface area contributed by atoms with Gasteiger partial charge in [0.15, 0.2) is 11.8 Å². The Kier molecular flexibility index (Phi) is 4.65. The zero-order chi connectivity index (χ0) is 18.5. The van der Waals surface area contributed by atoms with Crippen LogP contribution in [0.1, 0.15) is 89.9 Å². The maximum atomic E-state index is 6.48. The highest BCUT2D eigenvalue weighted by Crippen LogP contribution is 2.50. The second kappa shape index (κ2) is 7.32. The normalized spacial score (nSPS) is 47.7. The number of ether oxygens (including phenoxy) is 2. The first kappa shape index (κ1) is 17.8. The third-order valence-electron chi connectivity index (χ3n) is 8.80. The fraction of sp³-hybridized carbons (Fsp3) is 0.917. The van der Waals surface area contributed by atoms with Crippen molar-refractivity contribution in [3.63, 3.8) is 0 Å². The van der Waals surface area contributed by atoms with Gasteiger partial charge in [-0.05, 0) is 76.0 Å². The zero-order valence-electron chi connectivity index (χ0n) is 17.2. The number of aliphatic imine (C=N–C) groups is 2. The van der Waals surface area contributed by atoms with Crippen LogP contribution >= 0.6 is 0 Å². The lowest BCUT2D eigenvalue weighted by Gasteiger charge is -2.45. The Morgan fingerprint density at radius 1 is 0.500 bits per heavy atom. The summed E-state index contributed by atoms with van der Waals surface area (Å²) < 4.78 is 13.0. The van der Waals surface area contributed by atoms with Gasteiger partial charge >= 0.3 is 0 Å². The smallest absolute Gasteiger partial charge is 0.187 e. The van der Waals surface area contributed by atoms with E-state index in [1.54, 1.807) is 0 Å². The largest absolute Gasteiger partial charge is 0.475 e. The molecule has 0 aromatic heterocycles. The van der Waals surface area contributed by atoms with Gasteiger partial charge in [0.1, 0.15) is 12.2 Å². The molecule has 0 N–H and O–H groups in total. The number of hydrogen-bond acceptors (Lipinski definition) is 4. The fourth-order valence-corrected chi connectivity index (χ4v) is 7.38. The SMILES string of the molecule is C1CCC2OC(C3CCC(C4=NC5CCCCC5O4)C4CCCCC34)=NC2C1. The van der Waals surface area contributed by atoms with Crippen LogP contribution in [-0.2, 0) is 9.47 Å². The van der Waals surface area contributed by atoms with Gasteiger partial charge in [-0.3, -0.25) is 0 Å². The molecule has 154 valence electrons. The van der Waals surface area contributed by atoms with Crippen LogP contribution < -0.4 is 0 Å². The Morgan fingerprint density at radius 3 is 1.39 bits per heavy atom. The average Bonchev–Trinajstić information content (AvgIpc) is 3.37. The molecule has 2 heterocycles. The van der Waals surface area contributed by atoms with Crippen molar-refractivity contribution in [1.29, 1.82) is 0 Å². The van der Waals surface area contributed by atoms with Crippen molar-refractivity contribution >= 4 is 11.8 Å². The van der Waals surface area contributed by atoms with Crippen LogP contribution in [0.25, 0.3) is 0 Å². The molecule has 6 rings (SSSR count). The van der Waals surface area contributed by atoms with Crippen molar-refractivity contribution in [3.8, 4) is 0 Å². The predicted molar refractivity (Wildman–Crippen MR) is 111 cm³/mol. The first-order valence-electron chi connectivity index (χ1n) is 12.4. The van der Waals surface area contributed by atoms with E-state index in [-0.39, 0.29) is 0 Å². The van der Waals surface area contributed by atoms with Crippen molar-refractivity contribution in [2.24, 2.45) is 33.7 Å². The van der Waals surface area contributed by atoms with E-state index in [1.165, 1.54) is 89.9 Å². The van der Waals surface area contributed by atoms with Crippen molar-refractivity contribution in [2.45, 2.75) is 114 Å². The molecule has 4 heteroatoms. The molecule has 4 nitrogen and oxygen atoms in total. The highest BCUT2D eigenvalue weighted by molar-refractivity contribution is 5.84. The number of rotatable bonds is 2. The van der Waals surface area contributed by atoms with Crippen LogP contribution in [0.5, 0.6) is 0 Å². The van der Waals surface area contributed by atoms with Crippen molar-refractivity contribution in [1.82, 2.24) is 0 Å². The molecule has 6 aliphatic rings. The zero-order valence-corrected chi connectivity index (χ0v) is 17.2. The molecule has 4 saturated carbocycles. The van der Waals surface area contributed by atoms with E-state index in [9.17, 15) is 0 Å². The second-order valence-corrected chi connectivity index (χ2v) is 10.4. The monoisotopic (exact) mass is 384 g/mol. The summed E-state index contributed by atoms with van der Waals surface area (Å²) in [4.78, 5) is 10.3. The van der Waals surface area contributed by atoms with Gasteiger partial charge in [0.2, 0.25) is 0 Å². The molecule has 4 aliphatic carbocycles. The van der Waals surface area contributed by atoms with Gasteiger partial charge < -0.3 is 9.47 Å². The fourth-order valence-electron chi connectivity index (χ4n) is 7.38. The molecular formula is C24H36N2O2. The van der Waals surface area contributed by atoms with Gasteiger partial charge in [0.25, 0.3) is 0 Å². The van der Waals surface area contributed by atoms with Gasteiger partial charge in [0, 0.05) is 11.8 Å². The lowest BCUT2D eigenvalue weighted by Crippen LogP contribution is -2.43. The number of hydrogen-bond donors (Lipinski definition) is 0. The summed E-state index contributed by atoms with van der Waals surface area (Å²) in [6.07, 6.45) is 18.9. The quantitative estimate of drug-likeness (QED) is 0.648. The van der Waals surface area contributed by atoms with Gasteiger partial charge in [-0.25, -0.2) is 9.98 Å². The Labute approximate surface area is 169 Å². The number of fused-ring (bicyclic) bond motifs is 3. The third-order valence-corrected chi connectivity index (χ3v) is 8.80. The van der Waals surface area contributed by atoms with Crippen LogP contribution in [-0.4, -0.2) is 36.1 Å². The van der Waals surface area contributed by atoms with Gasteiger partial charge in [-0.15, -0.1) is 0 Å². The minimum absolute atomic E-state index is 0.397. The molecule has 0 amide bonds. The molecule has 4 fully saturated rings. The molecule has 8 unspecified atom stereocenters. The lowest BCUT2D eigenvalue weighted by atomic mass is 9.61. The van der Waals surface area contributed by atoms with Crippen molar-refractivity contribution in [3.05, 3.63) is 0 Å². The summed E-state index contributed by atoms with van der Waals surface area (Å²) in [5.74, 6) is 4.90. The maximum Gasteiger partial charge on any atom is 0.187 e. The first-order chi connectivity index (χ1) is 13.9. The predicted octanol–water partition coefficient (Wildman–Crippen LogP) is 5.30. The molecule has 0 bridgehead atoms. The Morgan fingerprint density at radius 2 is 0.929 bits per heavy atom. The molecule has 0 spiro atoms. The summed E-state index contributed by atoms with van der Waals surface area (Å²) in [6.45, 7) is 0. The molecule has 0 saturated heterocycles. The van der Waals surface area contributed by atoms with E-state index in [2.05, 4.69) is 0 Å². The highest BCUT2D eigenvalue weighted by atomic mass is 16.5. The maximum absolute atomic E-state index is 6.48.